The number of nitriles is 1. The van der Waals surface area contributed by atoms with Crippen LogP contribution in [0.2, 0.25) is 0 Å². The lowest BCUT2D eigenvalue weighted by Gasteiger charge is -2.21. The van der Waals surface area contributed by atoms with E-state index in [9.17, 15) is 0 Å². The van der Waals surface area contributed by atoms with Crippen molar-refractivity contribution >= 4 is 17.2 Å². The third-order valence-corrected chi connectivity index (χ3v) is 3.15. The topological polar surface area (TPSA) is 70.9 Å². The van der Waals surface area contributed by atoms with Gasteiger partial charge in [-0.25, -0.2) is 4.68 Å². The van der Waals surface area contributed by atoms with E-state index in [1.807, 2.05) is 42.6 Å². The Balaban J connectivity index is 2.43. The number of nitrogen functional groups attached to an aromatic ring is 1. The van der Waals surface area contributed by atoms with Gasteiger partial charge in [-0.2, -0.15) is 10.4 Å². The summed E-state index contributed by atoms with van der Waals surface area (Å²) in [6.07, 6.45) is 0. The fraction of sp³-hybridized carbons (Fsp3) is 0.286. The summed E-state index contributed by atoms with van der Waals surface area (Å²) in [5.74, 6) is 0.879. The van der Waals surface area contributed by atoms with Crippen molar-refractivity contribution in [1.82, 2.24) is 9.78 Å². The Morgan fingerprint density at radius 1 is 1.37 bits per heavy atom. The third kappa shape index (κ3) is 2.25. The van der Waals surface area contributed by atoms with Crippen molar-refractivity contribution in [2.75, 3.05) is 17.7 Å². The summed E-state index contributed by atoms with van der Waals surface area (Å²) in [6, 6.07) is 9.50. The molecule has 0 atom stereocenters. The van der Waals surface area contributed by atoms with Gasteiger partial charge in [-0.3, -0.25) is 0 Å². The monoisotopic (exact) mass is 255 g/mol. The van der Waals surface area contributed by atoms with Gasteiger partial charge >= 0.3 is 0 Å². The normalized spacial score (nSPS) is 10.2. The van der Waals surface area contributed by atoms with Crippen LogP contribution in [-0.2, 0) is 6.54 Å². The number of aryl methyl sites for hydroxylation is 2. The van der Waals surface area contributed by atoms with Crippen LogP contribution in [0.5, 0.6) is 0 Å². The molecule has 98 valence electrons. The van der Waals surface area contributed by atoms with Crippen molar-refractivity contribution in [1.29, 1.82) is 5.26 Å². The van der Waals surface area contributed by atoms with E-state index in [4.69, 9.17) is 11.0 Å². The second-order valence-electron chi connectivity index (χ2n) is 4.36. The van der Waals surface area contributed by atoms with E-state index in [1.165, 1.54) is 0 Å². The van der Waals surface area contributed by atoms with Crippen LogP contribution in [0.25, 0.3) is 0 Å². The molecule has 0 spiro atoms. The van der Waals surface area contributed by atoms with Crippen LogP contribution in [-0.4, -0.2) is 16.8 Å². The summed E-state index contributed by atoms with van der Waals surface area (Å²) in [6.45, 7) is 4.69. The van der Waals surface area contributed by atoms with E-state index < -0.39 is 0 Å². The molecule has 0 aliphatic heterocycles. The van der Waals surface area contributed by atoms with Gasteiger partial charge < -0.3 is 10.6 Å². The number of benzene rings is 1. The summed E-state index contributed by atoms with van der Waals surface area (Å²) in [5, 5.41) is 13.2. The molecule has 5 heteroatoms. The molecule has 0 aliphatic rings. The van der Waals surface area contributed by atoms with Crippen LogP contribution in [0, 0.1) is 18.3 Å². The summed E-state index contributed by atoms with van der Waals surface area (Å²) < 4.78 is 1.88. The van der Waals surface area contributed by atoms with Gasteiger partial charge in [-0.1, -0.05) is 0 Å². The van der Waals surface area contributed by atoms with E-state index >= 15 is 0 Å². The molecule has 0 aliphatic carbocycles. The summed E-state index contributed by atoms with van der Waals surface area (Å²) >= 11 is 0. The first kappa shape index (κ1) is 13.0. The molecule has 1 aromatic heterocycles. The van der Waals surface area contributed by atoms with E-state index in [0.717, 1.165) is 23.7 Å². The maximum absolute atomic E-state index is 8.82. The zero-order valence-corrected chi connectivity index (χ0v) is 11.4. The van der Waals surface area contributed by atoms with Crippen molar-refractivity contribution in [3.63, 3.8) is 0 Å². The van der Waals surface area contributed by atoms with Crippen LogP contribution in [0.1, 0.15) is 18.2 Å². The predicted octanol–water partition coefficient (Wildman–Crippen LogP) is 2.43. The summed E-state index contributed by atoms with van der Waals surface area (Å²) in [4.78, 5) is 1.99. The molecule has 0 bridgehead atoms. The van der Waals surface area contributed by atoms with Crippen molar-refractivity contribution in [3.05, 3.63) is 35.5 Å². The molecule has 0 saturated heterocycles. The highest BCUT2D eigenvalue weighted by Crippen LogP contribution is 2.31. The van der Waals surface area contributed by atoms with Gasteiger partial charge in [0.15, 0.2) is 5.82 Å². The molecular formula is C14H17N5. The molecule has 0 radical (unpaired) electrons. The number of hydrogen-bond donors (Lipinski definition) is 1. The number of rotatable bonds is 3. The molecule has 0 unspecified atom stereocenters. The van der Waals surface area contributed by atoms with Crippen molar-refractivity contribution < 1.29 is 0 Å². The van der Waals surface area contributed by atoms with Gasteiger partial charge in [0.25, 0.3) is 0 Å². The van der Waals surface area contributed by atoms with E-state index in [0.29, 0.717) is 11.3 Å². The molecule has 0 saturated carbocycles. The van der Waals surface area contributed by atoms with E-state index in [2.05, 4.69) is 11.2 Å². The fourth-order valence-electron chi connectivity index (χ4n) is 2.04. The largest absolute Gasteiger partial charge is 0.394 e. The Kier molecular flexibility index (Phi) is 3.43. The quantitative estimate of drug-likeness (QED) is 0.914. The van der Waals surface area contributed by atoms with Crippen molar-refractivity contribution in [2.24, 2.45) is 0 Å². The fourth-order valence-corrected chi connectivity index (χ4v) is 2.04. The molecule has 1 aromatic carbocycles. The van der Waals surface area contributed by atoms with Crippen LogP contribution >= 0.6 is 0 Å². The molecule has 0 fully saturated rings. The predicted molar refractivity (Wildman–Crippen MR) is 76.3 cm³/mol. The Morgan fingerprint density at radius 3 is 2.53 bits per heavy atom. The van der Waals surface area contributed by atoms with Gasteiger partial charge in [0.05, 0.1) is 23.0 Å². The van der Waals surface area contributed by atoms with Gasteiger partial charge in [0, 0.05) is 19.3 Å². The molecular weight excluding hydrogens is 238 g/mol. The molecule has 2 rings (SSSR count). The lowest BCUT2D eigenvalue weighted by atomic mass is 10.2. The second kappa shape index (κ2) is 5.02. The zero-order chi connectivity index (χ0) is 14.0. The lowest BCUT2D eigenvalue weighted by Crippen LogP contribution is -2.16. The van der Waals surface area contributed by atoms with Crippen LogP contribution < -0.4 is 10.6 Å². The maximum atomic E-state index is 8.82. The van der Waals surface area contributed by atoms with Gasteiger partial charge in [0.2, 0.25) is 0 Å². The lowest BCUT2D eigenvalue weighted by molar-refractivity contribution is 0.652. The maximum Gasteiger partial charge on any atom is 0.154 e. The minimum Gasteiger partial charge on any atom is -0.394 e. The van der Waals surface area contributed by atoms with Crippen molar-refractivity contribution in [3.8, 4) is 6.07 Å². The van der Waals surface area contributed by atoms with E-state index in [-0.39, 0.29) is 0 Å². The molecule has 0 amide bonds. The smallest absolute Gasteiger partial charge is 0.154 e. The second-order valence-corrected chi connectivity index (χ2v) is 4.36. The molecule has 2 N–H and O–H groups in total. The molecule has 1 heterocycles. The minimum absolute atomic E-state index is 0.644. The summed E-state index contributed by atoms with van der Waals surface area (Å²) in [7, 11) is 1.94. The summed E-state index contributed by atoms with van der Waals surface area (Å²) in [5.41, 5.74) is 9.23. The minimum atomic E-state index is 0.644. The van der Waals surface area contributed by atoms with Crippen LogP contribution in [0.15, 0.2) is 24.3 Å². The number of aromatic nitrogens is 2. The first-order valence-corrected chi connectivity index (χ1v) is 6.15. The average molecular weight is 255 g/mol. The number of nitrogens with two attached hydrogens (primary N) is 1. The number of anilines is 3. The highest BCUT2D eigenvalue weighted by molar-refractivity contribution is 5.73. The Morgan fingerprint density at radius 2 is 2.00 bits per heavy atom. The van der Waals surface area contributed by atoms with Crippen molar-refractivity contribution in [2.45, 2.75) is 20.4 Å². The Bertz CT molecular complexity index is 619. The number of hydrogen-bond acceptors (Lipinski definition) is 4. The number of nitrogens with zero attached hydrogens (tertiary/aromatic N) is 4. The Hall–Kier alpha value is -2.48. The van der Waals surface area contributed by atoms with Crippen LogP contribution in [0.3, 0.4) is 0 Å². The van der Waals surface area contributed by atoms with Crippen LogP contribution in [0.4, 0.5) is 17.2 Å². The molecule has 2 aromatic rings. The highest BCUT2D eigenvalue weighted by Gasteiger charge is 2.16. The first-order chi connectivity index (χ1) is 9.08. The molecule has 19 heavy (non-hydrogen) atoms. The zero-order valence-electron chi connectivity index (χ0n) is 11.4. The van der Waals surface area contributed by atoms with E-state index in [1.54, 1.807) is 12.1 Å². The standard InChI is InChI=1S/C14H17N5/c1-4-19-14(13(16)10(2)17-19)18(3)12-7-5-11(9-15)6-8-12/h5-8H,4,16H2,1-3H3. The Labute approximate surface area is 112 Å². The van der Waals surface area contributed by atoms with Gasteiger partial charge in [-0.05, 0) is 38.1 Å². The third-order valence-electron chi connectivity index (χ3n) is 3.15. The SMILES string of the molecule is CCn1nc(C)c(N)c1N(C)c1ccc(C#N)cc1. The highest BCUT2D eigenvalue weighted by atomic mass is 15.4. The average Bonchev–Trinajstić information content (AvgIpc) is 2.73. The van der Waals surface area contributed by atoms with Gasteiger partial charge in [0.1, 0.15) is 0 Å². The first-order valence-electron chi connectivity index (χ1n) is 6.15. The molecule has 5 nitrogen and oxygen atoms in total. The van der Waals surface area contributed by atoms with Gasteiger partial charge in [-0.15, -0.1) is 0 Å².